The number of benzene rings is 1. The normalized spacial score (nSPS) is 20.2. The lowest BCUT2D eigenvalue weighted by Gasteiger charge is -2.12. The molecule has 0 spiro atoms. The standard InChI is InChI=1S/C14H19N3/c1-2-14-16-12-5-3-4-6-13(12)17(14)10-11-7-8-15-9-11/h3-6,11,15H,2,7-10H2,1H3. The second-order valence-electron chi connectivity index (χ2n) is 4.84. The largest absolute Gasteiger partial charge is 0.328 e. The van der Waals surface area contributed by atoms with Gasteiger partial charge in [-0.2, -0.15) is 0 Å². The molecule has 1 saturated heterocycles. The van der Waals surface area contributed by atoms with Gasteiger partial charge in [0.2, 0.25) is 0 Å². The number of nitrogens with zero attached hydrogens (tertiary/aromatic N) is 2. The number of imidazole rings is 1. The molecule has 0 radical (unpaired) electrons. The van der Waals surface area contributed by atoms with Crippen LogP contribution >= 0.6 is 0 Å². The zero-order valence-corrected chi connectivity index (χ0v) is 10.3. The van der Waals surface area contributed by atoms with Crippen LogP contribution in [-0.2, 0) is 13.0 Å². The van der Waals surface area contributed by atoms with Gasteiger partial charge in [-0.05, 0) is 37.6 Å². The van der Waals surface area contributed by atoms with Crippen LogP contribution in [0, 0.1) is 5.92 Å². The van der Waals surface area contributed by atoms with Gasteiger partial charge in [0, 0.05) is 13.0 Å². The second kappa shape index (κ2) is 4.49. The summed E-state index contributed by atoms with van der Waals surface area (Å²) in [4.78, 5) is 4.72. The summed E-state index contributed by atoms with van der Waals surface area (Å²) in [5, 5.41) is 3.44. The first kappa shape index (κ1) is 10.8. The zero-order chi connectivity index (χ0) is 11.7. The van der Waals surface area contributed by atoms with Gasteiger partial charge in [-0.1, -0.05) is 19.1 Å². The number of aryl methyl sites for hydroxylation is 1. The van der Waals surface area contributed by atoms with Crippen molar-refractivity contribution in [2.75, 3.05) is 13.1 Å². The Labute approximate surface area is 102 Å². The highest BCUT2D eigenvalue weighted by Crippen LogP contribution is 2.20. The quantitative estimate of drug-likeness (QED) is 0.874. The molecule has 3 nitrogen and oxygen atoms in total. The molecule has 90 valence electrons. The van der Waals surface area contributed by atoms with Crippen LogP contribution in [0.4, 0.5) is 0 Å². The Morgan fingerprint density at radius 1 is 1.41 bits per heavy atom. The van der Waals surface area contributed by atoms with Crippen molar-refractivity contribution in [3.63, 3.8) is 0 Å². The average Bonchev–Trinajstić information content (AvgIpc) is 2.98. The maximum atomic E-state index is 4.72. The Morgan fingerprint density at radius 3 is 3.06 bits per heavy atom. The van der Waals surface area contributed by atoms with Gasteiger partial charge in [0.15, 0.2) is 0 Å². The predicted octanol–water partition coefficient (Wildman–Crippen LogP) is 2.21. The van der Waals surface area contributed by atoms with E-state index in [0.717, 1.165) is 30.9 Å². The number of fused-ring (bicyclic) bond motifs is 1. The van der Waals surface area contributed by atoms with E-state index in [-0.39, 0.29) is 0 Å². The van der Waals surface area contributed by atoms with E-state index in [2.05, 4.69) is 41.1 Å². The predicted molar refractivity (Wildman–Crippen MR) is 70.1 cm³/mol. The first-order chi connectivity index (χ1) is 8.38. The number of nitrogens with one attached hydrogen (secondary N) is 1. The van der Waals surface area contributed by atoms with Crippen LogP contribution in [0.5, 0.6) is 0 Å². The van der Waals surface area contributed by atoms with Crippen molar-refractivity contribution < 1.29 is 0 Å². The highest BCUT2D eigenvalue weighted by Gasteiger charge is 2.17. The minimum atomic E-state index is 0.762. The van der Waals surface area contributed by atoms with Crippen LogP contribution in [0.1, 0.15) is 19.2 Å². The molecule has 1 fully saturated rings. The Kier molecular flexibility index (Phi) is 2.85. The lowest BCUT2D eigenvalue weighted by molar-refractivity contribution is 0.479. The lowest BCUT2D eigenvalue weighted by Crippen LogP contribution is -2.15. The highest BCUT2D eigenvalue weighted by molar-refractivity contribution is 5.75. The molecule has 1 atom stereocenters. The SMILES string of the molecule is CCc1nc2ccccc2n1CC1CCNC1. The smallest absolute Gasteiger partial charge is 0.109 e. The minimum Gasteiger partial charge on any atom is -0.328 e. The fourth-order valence-electron chi connectivity index (χ4n) is 2.73. The number of rotatable bonds is 3. The molecule has 1 N–H and O–H groups in total. The molecular weight excluding hydrogens is 210 g/mol. The van der Waals surface area contributed by atoms with Crippen LogP contribution in [0.3, 0.4) is 0 Å². The Morgan fingerprint density at radius 2 is 2.29 bits per heavy atom. The fourth-order valence-corrected chi connectivity index (χ4v) is 2.73. The van der Waals surface area contributed by atoms with Crippen LogP contribution in [0.15, 0.2) is 24.3 Å². The molecule has 1 aliphatic rings. The third-order valence-electron chi connectivity index (χ3n) is 3.65. The van der Waals surface area contributed by atoms with E-state index in [4.69, 9.17) is 4.98 Å². The minimum absolute atomic E-state index is 0.762. The summed E-state index contributed by atoms with van der Waals surface area (Å²) in [6, 6.07) is 8.46. The number of hydrogen-bond acceptors (Lipinski definition) is 2. The molecule has 1 aromatic carbocycles. The highest BCUT2D eigenvalue weighted by atomic mass is 15.1. The molecule has 0 saturated carbocycles. The van der Waals surface area contributed by atoms with Crippen LogP contribution < -0.4 is 5.32 Å². The van der Waals surface area contributed by atoms with E-state index in [1.54, 1.807) is 0 Å². The van der Waals surface area contributed by atoms with Crippen molar-refractivity contribution in [3.05, 3.63) is 30.1 Å². The van der Waals surface area contributed by atoms with Gasteiger partial charge < -0.3 is 9.88 Å². The third kappa shape index (κ3) is 1.95. The average molecular weight is 229 g/mol. The monoisotopic (exact) mass is 229 g/mol. The zero-order valence-electron chi connectivity index (χ0n) is 10.3. The Balaban J connectivity index is 1.99. The van der Waals surface area contributed by atoms with E-state index in [1.807, 2.05) is 0 Å². The summed E-state index contributed by atoms with van der Waals surface area (Å²) in [7, 11) is 0. The van der Waals surface area contributed by atoms with Crippen molar-refractivity contribution in [1.82, 2.24) is 14.9 Å². The topological polar surface area (TPSA) is 29.9 Å². The Hall–Kier alpha value is -1.35. The van der Waals surface area contributed by atoms with Crippen molar-refractivity contribution >= 4 is 11.0 Å². The molecule has 17 heavy (non-hydrogen) atoms. The van der Waals surface area contributed by atoms with E-state index >= 15 is 0 Å². The third-order valence-corrected chi connectivity index (χ3v) is 3.65. The van der Waals surface area contributed by atoms with Crippen LogP contribution in [0.25, 0.3) is 11.0 Å². The van der Waals surface area contributed by atoms with Crippen LogP contribution in [0.2, 0.25) is 0 Å². The van der Waals surface area contributed by atoms with Crippen molar-refractivity contribution in [2.45, 2.75) is 26.3 Å². The molecule has 0 aliphatic carbocycles. The van der Waals surface area contributed by atoms with E-state index in [9.17, 15) is 0 Å². The summed E-state index contributed by atoms with van der Waals surface area (Å²) < 4.78 is 2.41. The molecule has 3 rings (SSSR count). The number of hydrogen-bond donors (Lipinski definition) is 1. The molecule has 0 amide bonds. The van der Waals surface area contributed by atoms with Gasteiger partial charge in [0.05, 0.1) is 11.0 Å². The van der Waals surface area contributed by atoms with Gasteiger partial charge in [0.25, 0.3) is 0 Å². The molecule has 1 unspecified atom stereocenters. The molecule has 3 heteroatoms. The summed E-state index contributed by atoms with van der Waals surface area (Å²) in [6.07, 6.45) is 2.30. The van der Waals surface area contributed by atoms with Gasteiger partial charge in [-0.25, -0.2) is 4.98 Å². The first-order valence-electron chi connectivity index (χ1n) is 6.53. The number of aromatic nitrogens is 2. The maximum Gasteiger partial charge on any atom is 0.109 e. The maximum absolute atomic E-state index is 4.72. The summed E-state index contributed by atoms with van der Waals surface area (Å²) in [6.45, 7) is 5.61. The van der Waals surface area contributed by atoms with Gasteiger partial charge in [-0.15, -0.1) is 0 Å². The van der Waals surface area contributed by atoms with Gasteiger partial charge in [0.1, 0.15) is 5.82 Å². The Bertz CT molecular complexity index is 509. The van der Waals surface area contributed by atoms with Crippen molar-refractivity contribution in [1.29, 1.82) is 0 Å². The molecule has 1 aliphatic heterocycles. The molecule has 2 aromatic rings. The molecular formula is C14H19N3. The number of para-hydroxylation sites is 2. The fraction of sp³-hybridized carbons (Fsp3) is 0.500. The lowest BCUT2D eigenvalue weighted by atomic mass is 10.1. The van der Waals surface area contributed by atoms with Crippen molar-refractivity contribution in [2.24, 2.45) is 5.92 Å². The molecule has 1 aromatic heterocycles. The van der Waals surface area contributed by atoms with E-state index in [0.29, 0.717) is 0 Å². The van der Waals surface area contributed by atoms with E-state index in [1.165, 1.54) is 24.3 Å². The van der Waals surface area contributed by atoms with Crippen molar-refractivity contribution in [3.8, 4) is 0 Å². The molecule has 0 bridgehead atoms. The summed E-state index contributed by atoms with van der Waals surface area (Å²) in [5.41, 5.74) is 2.42. The second-order valence-corrected chi connectivity index (χ2v) is 4.84. The summed E-state index contributed by atoms with van der Waals surface area (Å²) >= 11 is 0. The molecule has 2 heterocycles. The van der Waals surface area contributed by atoms with Crippen LogP contribution in [-0.4, -0.2) is 22.6 Å². The van der Waals surface area contributed by atoms with Gasteiger partial charge in [-0.3, -0.25) is 0 Å². The van der Waals surface area contributed by atoms with E-state index < -0.39 is 0 Å². The first-order valence-corrected chi connectivity index (χ1v) is 6.53. The van der Waals surface area contributed by atoms with Gasteiger partial charge >= 0.3 is 0 Å². The summed E-state index contributed by atoms with van der Waals surface area (Å²) in [5.74, 6) is 1.98.